The minimum Gasteiger partial charge on any atom is -0.497 e. The number of carbonyl (C=O) groups is 1. The molecule has 2 aliphatic heterocycles. The van der Waals surface area contributed by atoms with E-state index in [2.05, 4.69) is 14.8 Å². The molecule has 6 nitrogen and oxygen atoms in total. The van der Waals surface area contributed by atoms with Crippen LogP contribution >= 0.6 is 23.2 Å². The number of benzene rings is 3. The van der Waals surface area contributed by atoms with Gasteiger partial charge in [0, 0.05) is 18.1 Å². The van der Waals surface area contributed by atoms with Crippen LogP contribution in [0, 0.1) is 0 Å². The van der Waals surface area contributed by atoms with Crippen LogP contribution in [0.2, 0.25) is 10.0 Å². The topological polar surface area (TPSA) is 66.0 Å². The molecule has 0 saturated heterocycles. The first kappa shape index (κ1) is 24.1. The molecule has 1 saturated carbocycles. The second-order valence-corrected chi connectivity index (χ2v) is 10.2. The maximum absolute atomic E-state index is 13.7. The molecule has 0 bridgehead atoms. The van der Waals surface area contributed by atoms with Gasteiger partial charge in [-0.3, -0.25) is 4.79 Å². The lowest BCUT2D eigenvalue weighted by Gasteiger charge is -2.34. The Kier molecular flexibility index (Phi) is 5.65. The van der Waals surface area contributed by atoms with Crippen molar-refractivity contribution in [3.8, 4) is 23.0 Å². The quantitative estimate of drug-likeness (QED) is 0.383. The smallest absolute Gasteiger partial charge is 0.497 e. The van der Waals surface area contributed by atoms with Crippen LogP contribution in [0.4, 0.5) is 8.78 Å². The monoisotopic (exact) mass is 547 g/mol. The van der Waals surface area contributed by atoms with E-state index in [9.17, 15) is 13.6 Å². The number of methoxy groups -OCH3 is 1. The summed E-state index contributed by atoms with van der Waals surface area (Å²) >= 11 is 12.4. The molecule has 6 rings (SSSR count). The highest BCUT2D eigenvalue weighted by Crippen LogP contribution is 2.53. The minimum atomic E-state index is -3.72. The van der Waals surface area contributed by atoms with Crippen LogP contribution in [0.3, 0.4) is 0 Å². The Morgan fingerprint density at radius 1 is 0.973 bits per heavy atom. The van der Waals surface area contributed by atoms with Crippen molar-refractivity contribution in [1.29, 1.82) is 0 Å². The fourth-order valence-electron chi connectivity index (χ4n) is 4.94. The largest absolute Gasteiger partial charge is 0.586 e. The highest BCUT2D eigenvalue weighted by atomic mass is 35.5. The lowest BCUT2D eigenvalue weighted by molar-refractivity contribution is -0.286. The van der Waals surface area contributed by atoms with Crippen LogP contribution in [0.1, 0.15) is 48.1 Å². The fraction of sp³-hybridized carbons (Fsp3) is 0.296. The molecule has 3 aromatic carbocycles. The van der Waals surface area contributed by atoms with Gasteiger partial charge in [0.25, 0.3) is 0 Å². The van der Waals surface area contributed by atoms with E-state index in [4.69, 9.17) is 32.7 Å². The molecular weight excluding hydrogens is 527 g/mol. The van der Waals surface area contributed by atoms with Gasteiger partial charge in [-0.25, -0.2) is 0 Å². The van der Waals surface area contributed by atoms with Gasteiger partial charge in [0.1, 0.15) is 17.6 Å². The predicted octanol–water partition coefficient (Wildman–Crippen LogP) is 6.74. The highest BCUT2D eigenvalue weighted by molar-refractivity contribution is 6.42. The van der Waals surface area contributed by atoms with E-state index in [0.29, 0.717) is 46.4 Å². The Hall–Kier alpha value is -3.23. The lowest BCUT2D eigenvalue weighted by atomic mass is 9.90. The summed E-state index contributed by atoms with van der Waals surface area (Å²) in [7, 11) is 1.57. The Morgan fingerprint density at radius 2 is 1.76 bits per heavy atom. The van der Waals surface area contributed by atoms with Crippen molar-refractivity contribution in [1.82, 2.24) is 5.32 Å². The van der Waals surface area contributed by atoms with Crippen molar-refractivity contribution in [3.63, 3.8) is 0 Å². The fourth-order valence-corrected chi connectivity index (χ4v) is 5.25. The number of hydrogen-bond acceptors (Lipinski definition) is 5. The normalized spacial score (nSPS) is 22.0. The average molecular weight is 548 g/mol. The SMILES string of the molecule is COc1ccc2c(c1)OC(c1ccc(Cl)c(Cl)c1)CC2NC(=O)C1(c2ccc3c(c2)OC(F)(F)O3)CC1. The third kappa shape index (κ3) is 4.32. The molecule has 192 valence electrons. The molecule has 1 aliphatic carbocycles. The number of carbonyl (C=O) groups excluding carboxylic acids is 1. The van der Waals surface area contributed by atoms with Crippen molar-refractivity contribution in [3.05, 3.63) is 81.3 Å². The molecule has 0 aromatic heterocycles. The molecule has 1 fully saturated rings. The Labute approximate surface area is 221 Å². The van der Waals surface area contributed by atoms with Crippen LogP contribution in [0.25, 0.3) is 0 Å². The van der Waals surface area contributed by atoms with Gasteiger partial charge in [0.05, 0.1) is 28.6 Å². The summed E-state index contributed by atoms with van der Waals surface area (Å²) in [5.41, 5.74) is 1.40. The summed E-state index contributed by atoms with van der Waals surface area (Å²) in [6.07, 6.45) is -2.49. The molecule has 0 radical (unpaired) electrons. The van der Waals surface area contributed by atoms with Crippen LogP contribution in [-0.2, 0) is 10.2 Å². The summed E-state index contributed by atoms with van der Waals surface area (Å²) in [5, 5.41) is 4.03. The van der Waals surface area contributed by atoms with Gasteiger partial charge in [0.2, 0.25) is 5.91 Å². The molecule has 3 aliphatic rings. The van der Waals surface area contributed by atoms with E-state index >= 15 is 0 Å². The number of alkyl halides is 2. The van der Waals surface area contributed by atoms with E-state index in [1.165, 1.54) is 12.1 Å². The molecule has 2 atom stereocenters. The van der Waals surface area contributed by atoms with Gasteiger partial charge < -0.3 is 24.3 Å². The van der Waals surface area contributed by atoms with Crippen molar-refractivity contribution in [2.75, 3.05) is 7.11 Å². The van der Waals surface area contributed by atoms with Crippen LogP contribution in [-0.4, -0.2) is 19.3 Å². The molecule has 1 N–H and O–H groups in total. The zero-order valence-electron chi connectivity index (χ0n) is 19.5. The minimum absolute atomic E-state index is 0.0540. The molecule has 1 amide bonds. The van der Waals surface area contributed by atoms with Crippen molar-refractivity contribution >= 4 is 29.1 Å². The molecule has 10 heteroatoms. The van der Waals surface area contributed by atoms with Gasteiger partial charge in [-0.05, 0) is 60.4 Å². The summed E-state index contributed by atoms with van der Waals surface area (Å²) in [5.74, 6) is 0.878. The third-order valence-corrected chi connectivity index (χ3v) is 7.81. The predicted molar refractivity (Wildman–Crippen MR) is 132 cm³/mol. The van der Waals surface area contributed by atoms with E-state index in [1.54, 1.807) is 31.4 Å². The van der Waals surface area contributed by atoms with Crippen LogP contribution in [0.5, 0.6) is 23.0 Å². The number of nitrogens with one attached hydrogen (secondary N) is 1. The maximum atomic E-state index is 13.7. The molecule has 0 spiro atoms. The molecule has 2 heterocycles. The molecule has 3 aromatic rings. The number of hydrogen-bond donors (Lipinski definition) is 1. The number of fused-ring (bicyclic) bond motifs is 2. The van der Waals surface area contributed by atoms with Gasteiger partial charge in [-0.1, -0.05) is 35.3 Å². The maximum Gasteiger partial charge on any atom is 0.586 e. The Morgan fingerprint density at radius 3 is 2.49 bits per heavy atom. The van der Waals surface area contributed by atoms with Crippen LogP contribution in [0.15, 0.2) is 54.6 Å². The Bertz CT molecular complexity index is 1410. The number of halogens is 4. The first-order chi connectivity index (χ1) is 17.7. The molecule has 37 heavy (non-hydrogen) atoms. The van der Waals surface area contributed by atoms with E-state index in [-0.39, 0.29) is 23.4 Å². The van der Waals surface area contributed by atoms with Crippen LogP contribution < -0.4 is 24.3 Å². The summed E-state index contributed by atoms with van der Waals surface area (Å²) in [6, 6.07) is 14.9. The second-order valence-electron chi connectivity index (χ2n) is 9.36. The first-order valence-electron chi connectivity index (χ1n) is 11.7. The van der Waals surface area contributed by atoms with Gasteiger partial charge in [-0.15, -0.1) is 8.78 Å². The number of amides is 1. The van der Waals surface area contributed by atoms with Gasteiger partial charge in [-0.2, -0.15) is 0 Å². The third-order valence-electron chi connectivity index (χ3n) is 7.07. The second kappa shape index (κ2) is 8.67. The van der Waals surface area contributed by atoms with Crippen molar-refractivity contribution in [2.24, 2.45) is 0 Å². The van der Waals surface area contributed by atoms with E-state index in [0.717, 1.165) is 11.1 Å². The number of rotatable bonds is 5. The zero-order valence-corrected chi connectivity index (χ0v) is 21.0. The summed E-state index contributed by atoms with van der Waals surface area (Å²) in [6.45, 7) is 0. The lowest BCUT2D eigenvalue weighted by Crippen LogP contribution is -2.39. The molecular formula is C27H21Cl2F2NO5. The van der Waals surface area contributed by atoms with Gasteiger partial charge >= 0.3 is 6.29 Å². The number of ether oxygens (including phenoxy) is 4. The zero-order chi connectivity index (χ0) is 25.9. The Balaban J connectivity index is 1.29. The summed E-state index contributed by atoms with van der Waals surface area (Å²) in [4.78, 5) is 13.7. The van der Waals surface area contributed by atoms with E-state index < -0.39 is 17.8 Å². The summed E-state index contributed by atoms with van der Waals surface area (Å²) < 4.78 is 47.8. The highest BCUT2D eigenvalue weighted by Gasteiger charge is 2.53. The van der Waals surface area contributed by atoms with Crippen molar-refractivity contribution < 1.29 is 32.5 Å². The van der Waals surface area contributed by atoms with Gasteiger partial charge in [0.15, 0.2) is 11.5 Å². The first-order valence-corrected chi connectivity index (χ1v) is 12.4. The standard InChI is InChI=1S/C27H21Cl2F2NO5/c1-34-16-4-5-17-20(13-22(35-23(17)12-16)14-2-6-18(28)19(29)10-14)32-25(33)26(8-9-26)15-3-7-21-24(11-15)37-27(30,31)36-21/h2-7,10-12,20,22H,8-9,13H2,1H3,(H,32,33). The molecule has 2 unspecified atom stereocenters. The van der Waals surface area contributed by atoms with Crippen molar-refractivity contribution in [2.45, 2.75) is 43.1 Å². The average Bonchev–Trinajstić information content (AvgIpc) is 3.62. The van der Waals surface area contributed by atoms with E-state index in [1.807, 2.05) is 18.2 Å².